The van der Waals surface area contributed by atoms with Gasteiger partial charge >= 0.3 is 5.97 Å². The summed E-state index contributed by atoms with van der Waals surface area (Å²) in [5.41, 5.74) is 8.48. The number of phenols is 2. The van der Waals surface area contributed by atoms with Crippen molar-refractivity contribution in [2.45, 2.75) is 41.7 Å². The quantitative estimate of drug-likeness (QED) is 0.0975. The number of ketones is 1. The highest BCUT2D eigenvalue weighted by molar-refractivity contribution is 7.98. The number of anilines is 1. The van der Waals surface area contributed by atoms with Crippen molar-refractivity contribution >= 4 is 51.3 Å². The Kier molecular flexibility index (Phi) is 23.2. The Balaban J connectivity index is 0.000000223. The fourth-order valence-electron chi connectivity index (χ4n) is 8.30. The van der Waals surface area contributed by atoms with E-state index in [-0.39, 0.29) is 63.4 Å². The van der Waals surface area contributed by atoms with Crippen molar-refractivity contribution in [3.63, 3.8) is 0 Å². The summed E-state index contributed by atoms with van der Waals surface area (Å²) in [6.07, 6.45) is 1.90. The van der Waals surface area contributed by atoms with Crippen LogP contribution in [0.5, 0.6) is 11.5 Å². The van der Waals surface area contributed by atoms with Gasteiger partial charge in [0, 0.05) is 47.5 Å². The van der Waals surface area contributed by atoms with Crippen LogP contribution in [0.25, 0.3) is 66.4 Å². The van der Waals surface area contributed by atoms with Crippen LogP contribution in [0, 0.1) is 0 Å². The van der Waals surface area contributed by atoms with Crippen LogP contribution in [-0.2, 0) is 4.74 Å². The number of hydrogen-bond acceptors (Lipinski definition) is 11. The molecule has 1 saturated heterocycles. The maximum absolute atomic E-state index is 12.5. The van der Waals surface area contributed by atoms with Gasteiger partial charge in [-0.15, -0.1) is 0 Å². The molecule has 0 bridgehead atoms. The number of carbonyl (C=O) groups excluding carboxylic acids is 1. The molecule has 0 atom stereocenters. The molecule has 0 radical (unpaired) electrons. The summed E-state index contributed by atoms with van der Waals surface area (Å²) in [4.78, 5) is 48.8. The van der Waals surface area contributed by atoms with E-state index in [2.05, 4.69) is 4.90 Å². The number of benzene rings is 8. The fraction of sp³-hybridized carbons (Fsp3) is 0.152. The number of carboxylic acids is 1. The Morgan fingerprint density at radius 2 is 0.846 bits per heavy atom. The van der Waals surface area contributed by atoms with Gasteiger partial charge in [0.25, 0.3) is 0 Å². The summed E-state index contributed by atoms with van der Waals surface area (Å²) >= 11 is 1.44. The normalized spacial score (nSPS) is 11.2. The van der Waals surface area contributed by atoms with Gasteiger partial charge < -0.3 is 33.8 Å². The largest absolute Gasteiger partial charge is 0.507 e. The van der Waals surface area contributed by atoms with E-state index in [0.29, 0.717) is 62.8 Å². The second-order valence-corrected chi connectivity index (χ2v) is 17.6. The third-order valence-electron chi connectivity index (χ3n) is 12.0. The molecule has 12 heteroatoms. The number of carbonyl (C=O) groups is 2. The van der Waals surface area contributed by atoms with Crippen LogP contribution in [0.1, 0.15) is 57.3 Å². The number of aromatic hydroxyl groups is 2. The number of Topliss-reactive ketones (excluding diaryl/α,β-unsaturated/α-hetero) is 1. The Bertz CT molecular complexity index is 3550. The molecule has 10 aromatic rings. The van der Waals surface area contributed by atoms with Gasteiger partial charge in [-0.1, -0.05) is 211 Å². The second-order valence-electron chi connectivity index (χ2n) is 16.8. The van der Waals surface area contributed by atoms with Crippen molar-refractivity contribution in [1.82, 2.24) is 0 Å². The Morgan fingerprint density at radius 3 is 1.27 bits per heavy atom. The number of nitrogens with zero attached hydrogens (tertiary/aromatic N) is 1. The third-order valence-corrected chi connectivity index (χ3v) is 12.6. The van der Waals surface area contributed by atoms with Crippen LogP contribution >= 0.6 is 11.8 Å². The van der Waals surface area contributed by atoms with E-state index < -0.39 is 5.97 Å². The van der Waals surface area contributed by atoms with Gasteiger partial charge in [-0.25, -0.2) is 4.79 Å². The maximum atomic E-state index is 12.5. The smallest absolute Gasteiger partial charge is 0.339 e. The van der Waals surface area contributed by atoms with E-state index in [1.54, 1.807) is 48.5 Å². The minimum absolute atomic E-state index is 0. The molecule has 3 heterocycles. The number of fused-ring (bicyclic) bond motifs is 2. The highest BCUT2D eigenvalue weighted by Gasteiger charge is 2.18. The molecule has 0 saturated carbocycles. The van der Waals surface area contributed by atoms with Crippen LogP contribution in [0.4, 0.5) is 5.88 Å². The fourth-order valence-corrected chi connectivity index (χ4v) is 8.69. The van der Waals surface area contributed by atoms with Crippen LogP contribution < -0.4 is 15.8 Å². The van der Waals surface area contributed by atoms with Crippen molar-refractivity contribution in [3.05, 3.63) is 238 Å². The van der Waals surface area contributed by atoms with Crippen LogP contribution in [0.15, 0.2) is 230 Å². The molecule has 1 aliphatic heterocycles. The van der Waals surface area contributed by atoms with Gasteiger partial charge in [0.05, 0.1) is 29.5 Å². The minimum atomic E-state index is -1.13. The number of ether oxygens (including phenoxy) is 1. The highest BCUT2D eigenvalue weighted by atomic mass is 32.2. The van der Waals surface area contributed by atoms with E-state index in [9.17, 15) is 29.4 Å². The second kappa shape index (κ2) is 29.4. The first kappa shape index (κ1) is 61.6. The predicted octanol–water partition coefficient (Wildman–Crippen LogP) is 16.0. The average Bonchev–Trinajstić information content (AvgIpc) is 3.46. The molecular formula is C66H67NO10S. The Morgan fingerprint density at radius 1 is 0.474 bits per heavy atom. The molecule has 78 heavy (non-hydrogen) atoms. The molecular weight excluding hydrogens is 999 g/mol. The van der Waals surface area contributed by atoms with Gasteiger partial charge in [0.2, 0.25) is 0 Å². The van der Waals surface area contributed by atoms with Gasteiger partial charge in [-0.2, -0.15) is 0 Å². The van der Waals surface area contributed by atoms with E-state index in [1.807, 2.05) is 158 Å². The summed E-state index contributed by atoms with van der Waals surface area (Å²) in [7, 11) is 0. The molecule has 1 fully saturated rings. The van der Waals surface area contributed by atoms with Gasteiger partial charge in [-0.3, -0.25) is 14.4 Å². The number of hydrogen-bond donors (Lipinski definition) is 3. The van der Waals surface area contributed by atoms with Gasteiger partial charge in [0.1, 0.15) is 28.2 Å². The lowest BCUT2D eigenvalue weighted by Gasteiger charge is -2.27. The number of para-hydroxylation sites is 4. The zero-order chi connectivity index (χ0) is 52.0. The third kappa shape index (κ3) is 14.7. The van der Waals surface area contributed by atoms with Crippen LogP contribution in [-0.4, -0.2) is 59.6 Å². The molecule has 402 valence electrons. The molecule has 8 aromatic carbocycles. The summed E-state index contributed by atoms with van der Waals surface area (Å²) in [6, 6.07) is 63.0. The van der Waals surface area contributed by atoms with Gasteiger partial charge in [-0.05, 0) is 59.7 Å². The molecule has 1 aliphatic rings. The first-order chi connectivity index (χ1) is 36.0. The number of rotatable bonds is 8. The van der Waals surface area contributed by atoms with E-state index in [4.69, 9.17) is 18.7 Å². The zero-order valence-corrected chi connectivity index (χ0v) is 41.3. The zero-order valence-electron chi connectivity index (χ0n) is 40.5. The standard InChI is InChI=1S/C19H17NO3.C16H12O2S.C14H12O2.C13H10O3.4CH4/c21-17-13-18(20-9-11-22-12-10-20)23-19-15(7-4-8-16(17)19)14-5-2-1-3-6-14;1-19-15-10-14(17)13-9-5-8-12(16(13)18-15)11-6-3-2-4-7-11;1-10(15)12-8-5-9-13(14(12)16)11-6-3-2-4-7-11;14-12-10(9-5-2-1-3-6-9)7-4-8-11(12)13(15)16;;;;/h1-8,13H,9-12H2;2-10H,1H3;2-9,16H,1H3;1-8,14H,(H,15,16);4*1H4. The first-order valence-electron chi connectivity index (χ1n) is 23.6. The maximum Gasteiger partial charge on any atom is 0.339 e. The summed E-state index contributed by atoms with van der Waals surface area (Å²) < 4.78 is 17.3. The van der Waals surface area contributed by atoms with E-state index >= 15 is 0 Å². The topological polar surface area (TPSA) is 168 Å². The Hall–Kier alpha value is -8.97. The lowest BCUT2D eigenvalue weighted by Crippen LogP contribution is -2.36. The Labute approximate surface area is 460 Å². The van der Waals surface area contributed by atoms with Crippen molar-refractivity contribution < 1.29 is 38.5 Å². The van der Waals surface area contributed by atoms with E-state index in [0.717, 1.165) is 46.5 Å². The SMILES string of the molecule is C.C.C.C.CC(=O)c1cccc(-c2ccccc2)c1O.CSc1cc(=O)c2cccc(-c3ccccc3)c2o1.O=C(O)c1cccc(-c2ccccc2)c1O.O=c1cc(N2CCOCC2)oc2c(-c3ccccc3)cccc12. The molecule has 3 N–H and O–H groups in total. The number of aromatic carboxylic acids is 1. The molecule has 11 rings (SSSR count). The molecule has 11 nitrogen and oxygen atoms in total. The van der Waals surface area contributed by atoms with Crippen LogP contribution in [0.2, 0.25) is 0 Å². The summed E-state index contributed by atoms with van der Waals surface area (Å²) in [6.45, 7) is 4.23. The average molecular weight is 1070 g/mol. The first-order valence-corrected chi connectivity index (χ1v) is 24.8. The molecule has 0 aliphatic carbocycles. The summed E-state index contributed by atoms with van der Waals surface area (Å²) in [5.74, 6) is -0.776. The summed E-state index contributed by atoms with van der Waals surface area (Å²) in [5, 5.41) is 30.6. The number of morpholine rings is 1. The van der Waals surface area contributed by atoms with E-state index in [1.165, 1.54) is 24.8 Å². The molecule has 0 unspecified atom stereocenters. The highest BCUT2D eigenvalue weighted by Crippen LogP contribution is 2.35. The van der Waals surface area contributed by atoms with Crippen LogP contribution in [0.3, 0.4) is 0 Å². The van der Waals surface area contributed by atoms with Crippen molar-refractivity contribution in [2.75, 3.05) is 37.5 Å². The van der Waals surface area contributed by atoms with Crippen molar-refractivity contribution in [1.29, 1.82) is 0 Å². The predicted molar refractivity (Wildman–Crippen MR) is 322 cm³/mol. The lowest BCUT2D eigenvalue weighted by atomic mass is 10.00. The molecule has 0 amide bonds. The number of thioether (sulfide) groups is 1. The molecule has 2 aromatic heterocycles. The monoisotopic (exact) mass is 1070 g/mol. The lowest BCUT2D eigenvalue weighted by molar-refractivity contribution is 0.0693. The number of phenolic OH excluding ortho intramolecular Hbond substituents is 1. The minimum Gasteiger partial charge on any atom is -0.507 e. The molecule has 0 spiro atoms. The van der Waals surface area contributed by atoms with Gasteiger partial charge in [0.15, 0.2) is 27.6 Å². The van der Waals surface area contributed by atoms with Crippen molar-refractivity contribution in [3.8, 4) is 56.0 Å². The number of carboxylic acid groups (broad SMARTS) is 1. The van der Waals surface area contributed by atoms with Crippen molar-refractivity contribution in [2.24, 2.45) is 0 Å².